The van der Waals surface area contributed by atoms with Gasteiger partial charge in [0.25, 0.3) is 5.56 Å². The van der Waals surface area contributed by atoms with Crippen molar-refractivity contribution in [1.29, 1.82) is 0 Å². The lowest BCUT2D eigenvalue weighted by atomic mass is 9.88. The van der Waals surface area contributed by atoms with Crippen LogP contribution in [0, 0.1) is 0 Å². The van der Waals surface area contributed by atoms with Crippen molar-refractivity contribution in [2.24, 2.45) is 0 Å². The Bertz CT molecular complexity index is 1400. The van der Waals surface area contributed by atoms with E-state index in [1.165, 1.54) is 12.4 Å². The maximum Gasteiger partial charge on any atom is 0.252 e. The maximum absolute atomic E-state index is 13.3. The van der Waals surface area contributed by atoms with E-state index in [4.69, 9.17) is 27.6 Å². The van der Waals surface area contributed by atoms with Crippen LogP contribution >= 0.6 is 23.2 Å². The van der Waals surface area contributed by atoms with Gasteiger partial charge in [-0.15, -0.1) is 0 Å². The van der Waals surface area contributed by atoms with Gasteiger partial charge in [0.15, 0.2) is 8.32 Å². The number of hydrogen-bond donors (Lipinski definition) is 1. The van der Waals surface area contributed by atoms with Crippen molar-refractivity contribution in [3.63, 3.8) is 0 Å². The molecule has 0 bridgehead atoms. The van der Waals surface area contributed by atoms with Gasteiger partial charge in [-0.25, -0.2) is 18.4 Å². The Morgan fingerprint density at radius 1 is 1.11 bits per heavy atom. The molecule has 0 saturated carbocycles. The van der Waals surface area contributed by atoms with Crippen LogP contribution in [0.1, 0.15) is 37.8 Å². The van der Waals surface area contributed by atoms with Crippen molar-refractivity contribution in [1.82, 2.24) is 15.0 Å². The molecule has 0 aliphatic rings. The summed E-state index contributed by atoms with van der Waals surface area (Å²) in [5.74, 6) is -0.518. The van der Waals surface area contributed by atoms with Gasteiger partial charge in [0.2, 0.25) is 15.0 Å². The van der Waals surface area contributed by atoms with E-state index < -0.39 is 24.1 Å². The quantitative estimate of drug-likeness (QED) is 0.297. The van der Waals surface area contributed by atoms with Crippen LogP contribution in [-0.4, -0.2) is 44.5 Å². The summed E-state index contributed by atoms with van der Waals surface area (Å²) < 4.78 is 30.7. The third-order valence-corrected chi connectivity index (χ3v) is 12.5. The van der Waals surface area contributed by atoms with Crippen LogP contribution in [0.2, 0.25) is 28.2 Å². The Balaban J connectivity index is 2.22. The zero-order chi connectivity index (χ0) is 26.2. The van der Waals surface area contributed by atoms with E-state index >= 15 is 0 Å². The second-order valence-electron chi connectivity index (χ2n) is 9.93. The van der Waals surface area contributed by atoms with E-state index in [9.17, 15) is 13.2 Å². The number of nitrogens with zero attached hydrogens (tertiary/aromatic N) is 2. The summed E-state index contributed by atoms with van der Waals surface area (Å²) in [7, 11) is -5.83. The number of hydrogen-bond acceptors (Lipinski definition) is 6. The molecule has 0 spiro atoms. The van der Waals surface area contributed by atoms with Crippen LogP contribution in [0.15, 0.2) is 52.7 Å². The molecule has 7 nitrogen and oxygen atoms in total. The predicted molar refractivity (Wildman–Crippen MR) is 143 cm³/mol. The van der Waals surface area contributed by atoms with Gasteiger partial charge in [0, 0.05) is 42.3 Å². The molecular weight excluding hydrogens is 525 g/mol. The lowest BCUT2D eigenvalue weighted by molar-refractivity contribution is 0.275. The van der Waals surface area contributed by atoms with Crippen molar-refractivity contribution in [2.75, 3.05) is 12.9 Å². The molecular formula is C24H29Cl2N3O4SSi. The van der Waals surface area contributed by atoms with Crippen molar-refractivity contribution in [3.8, 4) is 11.3 Å². The zero-order valence-electron chi connectivity index (χ0n) is 20.5. The van der Waals surface area contributed by atoms with E-state index in [2.05, 4.69) is 48.8 Å². The van der Waals surface area contributed by atoms with Crippen LogP contribution < -0.4 is 5.56 Å². The molecule has 188 valence electrons. The molecule has 0 aliphatic heterocycles. The third kappa shape index (κ3) is 6.21. The second kappa shape index (κ2) is 10.1. The molecule has 3 rings (SSSR count). The van der Waals surface area contributed by atoms with Gasteiger partial charge in [-0.1, -0.05) is 50.0 Å². The average Bonchev–Trinajstić information content (AvgIpc) is 2.75. The molecule has 11 heteroatoms. The van der Waals surface area contributed by atoms with Crippen LogP contribution in [0.4, 0.5) is 0 Å². The highest BCUT2D eigenvalue weighted by Gasteiger charge is 2.38. The van der Waals surface area contributed by atoms with Gasteiger partial charge >= 0.3 is 0 Å². The molecule has 1 N–H and O–H groups in total. The fourth-order valence-electron chi connectivity index (χ4n) is 3.31. The van der Waals surface area contributed by atoms with Gasteiger partial charge in [-0.3, -0.25) is 4.79 Å². The first-order valence-corrected chi connectivity index (χ1v) is 16.5. The number of benzene rings is 1. The van der Waals surface area contributed by atoms with Gasteiger partial charge in [0.1, 0.15) is 0 Å². The maximum atomic E-state index is 13.3. The first-order valence-electron chi connectivity index (χ1n) is 11.0. The topological polar surface area (TPSA) is 102 Å². The lowest BCUT2D eigenvalue weighted by Crippen LogP contribution is -2.42. The first-order chi connectivity index (χ1) is 16.1. The summed E-state index contributed by atoms with van der Waals surface area (Å²) in [5.41, 5.74) is 1.60. The minimum atomic E-state index is -3.64. The third-order valence-electron chi connectivity index (χ3n) is 6.35. The normalized spacial score (nSPS) is 13.6. The van der Waals surface area contributed by atoms with Crippen LogP contribution in [-0.2, 0) is 14.3 Å². The van der Waals surface area contributed by atoms with Crippen molar-refractivity contribution >= 4 is 41.4 Å². The van der Waals surface area contributed by atoms with Crippen LogP contribution in [0.3, 0.4) is 0 Å². The van der Waals surface area contributed by atoms with Crippen molar-refractivity contribution in [2.45, 2.75) is 50.0 Å². The van der Waals surface area contributed by atoms with E-state index in [0.29, 0.717) is 26.9 Å². The Labute approximate surface area is 217 Å². The summed E-state index contributed by atoms with van der Waals surface area (Å²) in [5, 5.41) is 0.398. The summed E-state index contributed by atoms with van der Waals surface area (Å²) in [6, 6.07) is 8.49. The number of halogens is 2. The predicted octanol–water partition coefficient (Wildman–Crippen LogP) is 5.70. The van der Waals surface area contributed by atoms with Gasteiger partial charge in [-0.05, 0) is 48.0 Å². The molecule has 0 amide bonds. The Hall–Kier alpha value is -2.04. The van der Waals surface area contributed by atoms with E-state index in [1.807, 2.05) is 6.07 Å². The Morgan fingerprint density at radius 2 is 1.80 bits per heavy atom. The number of aromatic nitrogens is 3. The molecule has 0 unspecified atom stereocenters. The number of aromatic amines is 1. The minimum Gasteiger partial charge on any atom is -0.416 e. The fourth-order valence-corrected chi connectivity index (χ4v) is 5.15. The molecule has 0 saturated heterocycles. The monoisotopic (exact) mass is 553 g/mol. The summed E-state index contributed by atoms with van der Waals surface area (Å²) >= 11 is 12.5. The number of pyridine rings is 1. The van der Waals surface area contributed by atoms with Gasteiger partial charge in [-0.2, -0.15) is 0 Å². The van der Waals surface area contributed by atoms with E-state index in [-0.39, 0.29) is 22.4 Å². The first kappa shape index (κ1) is 27.5. The fraction of sp³-hybridized carbons (Fsp3) is 0.375. The molecule has 0 aliphatic carbocycles. The van der Waals surface area contributed by atoms with Gasteiger partial charge in [0.05, 0.1) is 15.7 Å². The second-order valence-corrected chi connectivity index (χ2v) is 17.5. The molecule has 3 aromatic rings. The molecule has 2 aromatic heterocycles. The summed E-state index contributed by atoms with van der Waals surface area (Å²) in [6.45, 7) is 10.9. The number of nitrogens with one attached hydrogen (secondary N) is 1. The molecule has 0 radical (unpaired) electrons. The molecule has 2 heterocycles. The van der Waals surface area contributed by atoms with E-state index in [1.54, 1.807) is 24.3 Å². The SMILES string of the molecule is CC(C)(C)[Si](C)(C)OC[C@@H](c1ccc(Cl)c(Cl)c1)c1c(-c2ccnc(S(C)(=O)=O)n2)cc[nH]c1=O. The average molecular weight is 555 g/mol. The Morgan fingerprint density at radius 3 is 2.40 bits per heavy atom. The molecule has 1 atom stereocenters. The molecule has 0 fully saturated rings. The Kier molecular flexibility index (Phi) is 7.98. The zero-order valence-corrected chi connectivity index (χ0v) is 23.8. The largest absolute Gasteiger partial charge is 0.416 e. The highest BCUT2D eigenvalue weighted by molar-refractivity contribution is 7.90. The number of H-pyrrole nitrogens is 1. The smallest absolute Gasteiger partial charge is 0.252 e. The standard InChI is InChI=1S/C24H29Cl2N3O4SSi/c1-24(2,3)35(5,6)33-14-17(15-7-8-18(25)19(26)13-15)21-16(9-11-27-22(21)30)20-10-12-28-23(29-20)34(4,31)32/h7-13,17H,14H2,1-6H3,(H,27,30)/t17-/m0/s1. The number of rotatable bonds is 7. The van der Waals surface area contributed by atoms with Gasteiger partial charge < -0.3 is 9.41 Å². The van der Waals surface area contributed by atoms with Crippen LogP contribution in [0.25, 0.3) is 11.3 Å². The molecule has 1 aromatic carbocycles. The summed E-state index contributed by atoms with van der Waals surface area (Å²) in [6.07, 6.45) is 3.91. The highest BCUT2D eigenvalue weighted by atomic mass is 35.5. The van der Waals surface area contributed by atoms with E-state index in [0.717, 1.165) is 11.8 Å². The van der Waals surface area contributed by atoms with Crippen molar-refractivity contribution in [3.05, 3.63) is 74.3 Å². The van der Waals surface area contributed by atoms with Crippen molar-refractivity contribution < 1.29 is 12.8 Å². The molecule has 35 heavy (non-hydrogen) atoms. The number of sulfone groups is 1. The highest BCUT2D eigenvalue weighted by Crippen LogP contribution is 2.39. The lowest BCUT2D eigenvalue weighted by Gasteiger charge is -2.37. The van der Waals surface area contributed by atoms with Crippen LogP contribution in [0.5, 0.6) is 0 Å². The summed E-state index contributed by atoms with van der Waals surface area (Å²) in [4.78, 5) is 24.1. The minimum absolute atomic E-state index is 0.0435.